The number of anilines is 1. The van der Waals surface area contributed by atoms with Crippen molar-refractivity contribution < 1.29 is 22.7 Å². The van der Waals surface area contributed by atoms with E-state index in [0.29, 0.717) is 12.4 Å². The molecule has 2 amide bonds. The molecule has 3 aromatic rings. The molecule has 41 heavy (non-hydrogen) atoms. The topological polar surface area (TPSA) is 96.0 Å². The summed E-state index contributed by atoms with van der Waals surface area (Å²) in [6.07, 6.45) is 3.97. The van der Waals surface area contributed by atoms with E-state index in [-0.39, 0.29) is 29.1 Å². The molecule has 9 heteroatoms. The molecular weight excluding hydrogens is 538 g/mol. The minimum absolute atomic E-state index is 0.0591. The molecular formula is C32H39N3O5S. The molecule has 4 rings (SSSR count). The smallest absolute Gasteiger partial charge is 0.264 e. The van der Waals surface area contributed by atoms with Crippen LogP contribution >= 0.6 is 0 Å². The minimum Gasteiger partial charge on any atom is -0.492 e. The number of aryl methyl sites for hydroxylation is 1. The predicted molar refractivity (Wildman–Crippen MR) is 160 cm³/mol. The van der Waals surface area contributed by atoms with Crippen LogP contribution in [0.15, 0.2) is 83.8 Å². The summed E-state index contributed by atoms with van der Waals surface area (Å²) in [6.45, 7) is 5.35. The Morgan fingerprint density at radius 3 is 2.24 bits per heavy atom. The van der Waals surface area contributed by atoms with E-state index in [1.54, 1.807) is 43.3 Å². The molecule has 0 heterocycles. The number of para-hydroxylation sites is 2. The van der Waals surface area contributed by atoms with Crippen molar-refractivity contribution in [2.24, 2.45) is 0 Å². The number of amides is 2. The SMILES string of the molecule is CCOc1ccccc1N(CC(=O)N(Cc1ccccc1)[C@H](C)C(=O)NC1CCCC1)S(=O)(=O)c1ccc(C)cc1. The first-order valence-electron chi connectivity index (χ1n) is 14.2. The lowest BCUT2D eigenvalue weighted by atomic mass is 10.1. The molecule has 1 aliphatic carbocycles. The zero-order valence-electron chi connectivity index (χ0n) is 24.0. The lowest BCUT2D eigenvalue weighted by Crippen LogP contribution is -2.52. The lowest BCUT2D eigenvalue weighted by Gasteiger charge is -2.33. The fraction of sp³-hybridized carbons (Fsp3) is 0.375. The Morgan fingerprint density at radius 2 is 1.59 bits per heavy atom. The van der Waals surface area contributed by atoms with Crippen molar-refractivity contribution in [1.29, 1.82) is 0 Å². The van der Waals surface area contributed by atoms with E-state index in [1.165, 1.54) is 17.0 Å². The maximum Gasteiger partial charge on any atom is 0.264 e. The van der Waals surface area contributed by atoms with Crippen molar-refractivity contribution >= 4 is 27.5 Å². The number of hydrogen-bond donors (Lipinski definition) is 1. The average molecular weight is 578 g/mol. The van der Waals surface area contributed by atoms with Crippen molar-refractivity contribution in [3.63, 3.8) is 0 Å². The molecule has 0 radical (unpaired) electrons. The van der Waals surface area contributed by atoms with Gasteiger partial charge in [-0.2, -0.15) is 0 Å². The molecule has 1 atom stereocenters. The summed E-state index contributed by atoms with van der Waals surface area (Å²) < 4.78 is 35.0. The van der Waals surface area contributed by atoms with Gasteiger partial charge in [-0.3, -0.25) is 13.9 Å². The standard InChI is InChI=1S/C32H39N3O5S/c1-4-40-30-17-11-10-16-29(30)35(41(38,39)28-20-18-24(2)19-21-28)23-31(36)34(22-26-12-6-5-7-13-26)25(3)32(37)33-27-14-8-9-15-27/h5-7,10-13,16-21,25,27H,4,8-9,14-15,22-23H2,1-3H3,(H,33,37)/t25-/m1/s1. The summed E-state index contributed by atoms with van der Waals surface area (Å²) in [5, 5.41) is 3.09. The van der Waals surface area contributed by atoms with Crippen LogP contribution in [-0.4, -0.2) is 50.4 Å². The van der Waals surface area contributed by atoms with Gasteiger partial charge in [0.15, 0.2) is 0 Å². The third-order valence-corrected chi connectivity index (χ3v) is 9.16. The number of benzene rings is 3. The second-order valence-electron chi connectivity index (χ2n) is 10.4. The number of carbonyl (C=O) groups is 2. The van der Waals surface area contributed by atoms with Gasteiger partial charge < -0.3 is 15.0 Å². The van der Waals surface area contributed by atoms with Gasteiger partial charge in [0.25, 0.3) is 10.0 Å². The Bertz CT molecular complexity index is 1420. The zero-order valence-corrected chi connectivity index (χ0v) is 24.8. The Balaban J connectivity index is 1.71. The van der Waals surface area contributed by atoms with Gasteiger partial charge in [-0.15, -0.1) is 0 Å². The highest BCUT2D eigenvalue weighted by molar-refractivity contribution is 7.92. The van der Waals surface area contributed by atoms with E-state index in [9.17, 15) is 18.0 Å². The molecule has 0 bridgehead atoms. The van der Waals surface area contributed by atoms with E-state index in [2.05, 4.69) is 5.32 Å². The lowest BCUT2D eigenvalue weighted by molar-refractivity contribution is -0.139. The molecule has 0 saturated heterocycles. The molecule has 8 nitrogen and oxygen atoms in total. The molecule has 1 fully saturated rings. The van der Waals surface area contributed by atoms with E-state index in [0.717, 1.165) is 41.1 Å². The van der Waals surface area contributed by atoms with Crippen molar-refractivity contribution in [2.75, 3.05) is 17.5 Å². The van der Waals surface area contributed by atoms with Crippen LogP contribution in [0.5, 0.6) is 5.75 Å². The van der Waals surface area contributed by atoms with Crippen LogP contribution < -0.4 is 14.4 Å². The number of nitrogens with one attached hydrogen (secondary N) is 1. The predicted octanol–water partition coefficient (Wildman–Crippen LogP) is 5.07. The van der Waals surface area contributed by atoms with Gasteiger partial charge in [-0.1, -0.05) is 73.0 Å². The van der Waals surface area contributed by atoms with Gasteiger partial charge in [0.1, 0.15) is 18.3 Å². The monoisotopic (exact) mass is 577 g/mol. The second kappa shape index (κ2) is 13.7. The van der Waals surface area contributed by atoms with Crippen LogP contribution in [0.3, 0.4) is 0 Å². The van der Waals surface area contributed by atoms with Gasteiger partial charge >= 0.3 is 0 Å². The van der Waals surface area contributed by atoms with Crippen LogP contribution in [0.25, 0.3) is 0 Å². The summed E-state index contributed by atoms with van der Waals surface area (Å²) in [7, 11) is -4.17. The molecule has 218 valence electrons. The van der Waals surface area contributed by atoms with Crippen molar-refractivity contribution in [3.05, 3.63) is 90.0 Å². The van der Waals surface area contributed by atoms with Crippen LogP contribution in [0.4, 0.5) is 5.69 Å². The van der Waals surface area contributed by atoms with E-state index >= 15 is 0 Å². The largest absolute Gasteiger partial charge is 0.492 e. The normalized spacial score (nSPS) is 14.3. The molecule has 3 aromatic carbocycles. The van der Waals surface area contributed by atoms with Crippen molar-refractivity contribution in [2.45, 2.75) is 70.0 Å². The van der Waals surface area contributed by atoms with Gasteiger partial charge in [0, 0.05) is 12.6 Å². The first kappa shape index (κ1) is 30.1. The molecule has 1 N–H and O–H groups in total. The number of carbonyl (C=O) groups excluding carboxylic acids is 2. The zero-order chi connectivity index (χ0) is 29.4. The Kier molecular flexibility index (Phi) is 10.0. The minimum atomic E-state index is -4.17. The van der Waals surface area contributed by atoms with E-state index in [4.69, 9.17) is 4.74 Å². The van der Waals surface area contributed by atoms with Crippen LogP contribution in [0.2, 0.25) is 0 Å². The number of sulfonamides is 1. The van der Waals surface area contributed by atoms with Crippen LogP contribution in [-0.2, 0) is 26.2 Å². The van der Waals surface area contributed by atoms with Gasteiger partial charge in [0.2, 0.25) is 11.8 Å². The molecule has 1 saturated carbocycles. The first-order valence-corrected chi connectivity index (χ1v) is 15.6. The third kappa shape index (κ3) is 7.47. The number of rotatable bonds is 12. The average Bonchev–Trinajstić information content (AvgIpc) is 3.48. The number of nitrogens with zero attached hydrogens (tertiary/aromatic N) is 2. The van der Waals surface area contributed by atoms with Gasteiger partial charge in [-0.25, -0.2) is 8.42 Å². The maximum absolute atomic E-state index is 14.1. The quantitative estimate of drug-likeness (QED) is 0.325. The number of hydrogen-bond acceptors (Lipinski definition) is 5. The molecule has 1 aliphatic rings. The third-order valence-electron chi connectivity index (χ3n) is 7.39. The van der Waals surface area contributed by atoms with Crippen molar-refractivity contribution in [1.82, 2.24) is 10.2 Å². The summed E-state index contributed by atoms with van der Waals surface area (Å²) in [6, 6.07) is 21.9. The van der Waals surface area contributed by atoms with Crippen molar-refractivity contribution in [3.8, 4) is 5.75 Å². The highest BCUT2D eigenvalue weighted by Gasteiger charge is 2.34. The van der Waals surface area contributed by atoms with Gasteiger partial charge in [0.05, 0.1) is 17.2 Å². The summed E-state index contributed by atoms with van der Waals surface area (Å²) >= 11 is 0. The molecule has 0 unspecified atom stereocenters. The Hall–Kier alpha value is -3.85. The highest BCUT2D eigenvalue weighted by atomic mass is 32.2. The molecule has 0 spiro atoms. The number of ether oxygens (including phenoxy) is 1. The first-order chi connectivity index (χ1) is 19.7. The van der Waals surface area contributed by atoms with Crippen LogP contribution in [0.1, 0.15) is 50.7 Å². The second-order valence-corrected chi connectivity index (χ2v) is 12.3. The fourth-order valence-electron chi connectivity index (χ4n) is 5.05. The van der Waals surface area contributed by atoms with E-state index < -0.39 is 28.5 Å². The Labute approximate surface area is 243 Å². The summed E-state index contributed by atoms with van der Waals surface area (Å²) in [4.78, 5) is 29.0. The summed E-state index contributed by atoms with van der Waals surface area (Å²) in [5.74, 6) is -0.395. The summed E-state index contributed by atoms with van der Waals surface area (Å²) in [5.41, 5.74) is 2.01. The highest BCUT2D eigenvalue weighted by Crippen LogP contribution is 2.33. The Morgan fingerprint density at radius 1 is 0.951 bits per heavy atom. The fourth-order valence-corrected chi connectivity index (χ4v) is 6.47. The maximum atomic E-state index is 14.1. The van der Waals surface area contributed by atoms with Gasteiger partial charge in [-0.05, 0) is 63.4 Å². The molecule has 0 aliphatic heterocycles. The van der Waals surface area contributed by atoms with Crippen LogP contribution in [0, 0.1) is 6.92 Å². The molecule has 0 aromatic heterocycles. The van der Waals surface area contributed by atoms with E-state index in [1.807, 2.05) is 44.2 Å².